The predicted octanol–water partition coefficient (Wildman–Crippen LogP) is 5.17. The molecule has 5 N–H and O–H groups in total. The number of nitrogens with two attached hydrogens (primary N) is 1. The molecule has 2 unspecified atom stereocenters. The van der Waals surface area contributed by atoms with Crippen LogP contribution in [0.4, 0.5) is 10.5 Å². The number of unbranched alkanes of at least 4 members (excludes halogenated alkanes) is 3. The van der Waals surface area contributed by atoms with Gasteiger partial charge in [-0.25, -0.2) is 4.79 Å². The average molecular weight is 583 g/mol. The SMILES string of the molecule is CCCCCCN(C(=O)C(CC(N)=O)NC(=O)OC(C)(C)C)C(C(=O)Nc1c(C)cccc1C)c1ccc(O)c(C)c1. The average Bonchev–Trinajstić information content (AvgIpc) is 2.87. The maximum absolute atomic E-state index is 14.2. The zero-order valence-electron chi connectivity index (χ0n) is 25.9. The molecule has 2 aromatic carbocycles. The molecular formula is C32H46N4O6. The molecule has 0 aliphatic heterocycles. The van der Waals surface area contributed by atoms with Crippen LogP contribution in [0.15, 0.2) is 36.4 Å². The standard InChI is InChI=1S/C32H46N4O6/c1-8-9-10-11-17-36(30(40)24(19-26(33)38)34-31(41)42-32(5,6)7)28(23-15-16-25(37)22(4)18-23)29(39)35-27-20(2)13-12-14-21(27)3/h12-16,18,24,28,37H,8-11,17,19H2,1-7H3,(H2,33,38)(H,34,41)(H,35,39). The van der Waals surface area contributed by atoms with Crippen LogP contribution in [0.25, 0.3) is 0 Å². The van der Waals surface area contributed by atoms with Crippen LogP contribution in [0.3, 0.4) is 0 Å². The lowest BCUT2D eigenvalue weighted by Gasteiger charge is -2.34. The van der Waals surface area contributed by atoms with E-state index in [0.29, 0.717) is 23.2 Å². The van der Waals surface area contributed by atoms with Crippen LogP contribution >= 0.6 is 0 Å². The Kier molecular flexibility index (Phi) is 12.4. The lowest BCUT2D eigenvalue weighted by atomic mass is 9.98. The minimum absolute atomic E-state index is 0.0478. The maximum Gasteiger partial charge on any atom is 0.408 e. The smallest absolute Gasteiger partial charge is 0.408 e. The number of rotatable bonds is 13. The van der Waals surface area contributed by atoms with Crippen molar-refractivity contribution in [3.05, 3.63) is 58.7 Å². The van der Waals surface area contributed by atoms with E-state index < -0.39 is 47.9 Å². The molecule has 0 heterocycles. The number of carbonyl (C=O) groups is 4. The highest BCUT2D eigenvalue weighted by molar-refractivity contribution is 6.00. The van der Waals surface area contributed by atoms with Gasteiger partial charge in [0.2, 0.25) is 11.8 Å². The summed E-state index contributed by atoms with van der Waals surface area (Å²) in [5.74, 6) is -1.88. The van der Waals surface area contributed by atoms with Gasteiger partial charge in [-0.15, -0.1) is 0 Å². The molecule has 0 aliphatic carbocycles. The number of phenolic OH excluding ortho intramolecular Hbond substituents is 1. The van der Waals surface area contributed by atoms with Crippen molar-refractivity contribution < 1.29 is 29.0 Å². The summed E-state index contributed by atoms with van der Waals surface area (Å²) in [5, 5.41) is 15.7. The summed E-state index contributed by atoms with van der Waals surface area (Å²) in [6.07, 6.45) is 1.92. The number of primary amides is 1. The lowest BCUT2D eigenvalue weighted by Crippen LogP contribution is -2.53. The highest BCUT2D eigenvalue weighted by atomic mass is 16.6. The number of para-hydroxylation sites is 1. The maximum atomic E-state index is 14.2. The first-order valence-electron chi connectivity index (χ1n) is 14.4. The number of nitrogens with one attached hydrogen (secondary N) is 2. The van der Waals surface area contributed by atoms with E-state index in [4.69, 9.17) is 10.5 Å². The third-order valence-electron chi connectivity index (χ3n) is 6.76. The molecule has 2 aromatic rings. The van der Waals surface area contributed by atoms with Gasteiger partial charge in [0.25, 0.3) is 5.91 Å². The molecule has 10 nitrogen and oxygen atoms in total. The number of nitrogens with zero attached hydrogens (tertiary/aromatic N) is 1. The van der Waals surface area contributed by atoms with Crippen molar-refractivity contribution in [3.63, 3.8) is 0 Å². The second-order valence-electron chi connectivity index (χ2n) is 11.7. The Morgan fingerprint density at radius 3 is 2.17 bits per heavy atom. The van der Waals surface area contributed by atoms with Crippen molar-refractivity contribution in [2.45, 2.75) is 98.3 Å². The summed E-state index contributed by atoms with van der Waals surface area (Å²) < 4.78 is 5.34. The number of amides is 4. The summed E-state index contributed by atoms with van der Waals surface area (Å²) >= 11 is 0. The van der Waals surface area contributed by atoms with E-state index in [2.05, 4.69) is 17.6 Å². The van der Waals surface area contributed by atoms with E-state index in [1.807, 2.05) is 32.0 Å². The largest absolute Gasteiger partial charge is 0.508 e. The monoisotopic (exact) mass is 582 g/mol. The summed E-state index contributed by atoms with van der Waals surface area (Å²) in [7, 11) is 0. The fourth-order valence-corrected chi connectivity index (χ4v) is 4.65. The van der Waals surface area contributed by atoms with Gasteiger partial charge in [0.1, 0.15) is 23.4 Å². The summed E-state index contributed by atoms with van der Waals surface area (Å²) in [5.41, 5.74) is 7.96. The van der Waals surface area contributed by atoms with Crippen LogP contribution in [-0.4, -0.2) is 52.0 Å². The molecule has 0 saturated heterocycles. The molecule has 0 aromatic heterocycles. The molecule has 0 radical (unpaired) electrons. The Labute approximate surface area is 249 Å². The third-order valence-corrected chi connectivity index (χ3v) is 6.76. The Balaban J connectivity index is 2.63. The van der Waals surface area contributed by atoms with Gasteiger partial charge in [-0.05, 0) is 82.3 Å². The number of carbonyl (C=O) groups excluding carboxylic acids is 4. The molecule has 230 valence electrons. The van der Waals surface area contributed by atoms with Crippen molar-refractivity contribution in [1.82, 2.24) is 10.2 Å². The number of alkyl carbamates (subject to hydrolysis) is 1. The molecule has 0 bridgehead atoms. The quantitative estimate of drug-likeness (QED) is 0.239. The minimum atomic E-state index is -1.36. The Hall–Kier alpha value is -4.08. The van der Waals surface area contributed by atoms with Crippen LogP contribution < -0.4 is 16.4 Å². The lowest BCUT2D eigenvalue weighted by molar-refractivity contribution is -0.142. The number of benzene rings is 2. The van der Waals surface area contributed by atoms with E-state index >= 15 is 0 Å². The zero-order valence-corrected chi connectivity index (χ0v) is 25.9. The molecule has 2 rings (SSSR count). The van der Waals surface area contributed by atoms with E-state index in [1.54, 1.807) is 39.8 Å². The molecule has 0 fully saturated rings. The van der Waals surface area contributed by atoms with Crippen molar-refractivity contribution in [2.24, 2.45) is 5.73 Å². The second kappa shape index (κ2) is 15.2. The summed E-state index contributed by atoms with van der Waals surface area (Å²) in [6, 6.07) is 7.86. The molecular weight excluding hydrogens is 536 g/mol. The highest BCUT2D eigenvalue weighted by Gasteiger charge is 2.37. The van der Waals surface area contributed by atoms with Crippen LogP contribution in [0.2, 0.25) is 0 Å². The Morgan fingerprint density at radius 1 is 0.976 bits per heavy atom. The Morgan fingerprint density at radius 2 is 1.62 bits per heavy atom. The topological polar surface area (TPSA) is 151 Å². The van der Waals surface area contributed by atoms with Crippen molar-refractivity contribution >= 4 is 29.5 Å². The first-order chi connectivity index (χ1) is 19.6. The fourth-order valence-electron chi connectivity index (χ4n) is 4.65. The predicted molar refractivity (Wildman–Crippen MR) is 163 cm³/mol. The molecule has 0 aliphatic rings. The molecule has 42 heavy (non-hydrogen) atoms. The van der Waals surface area contributed by atoms with Gasteiger partial charge >= 0.3 is 6.09 Å². The first kappa shape index (κ1) is 34.1. The number of hydrogen-bond acceptors (Lipinski definition) is 6. The van der Waals surface area contributed by atoms with Gasteiger partial charge in [-0.3, -0.25) is 14.4 Å². The van der Waals surface area contributed by atoms with Gasteiger partial charge < -0.3 is 31.1 Å². The van der Waals surface area contributed by atoms with E-state index in [9.17, 15) is 24.3 Å². The number of anilines is 1. The summed E-state index contributed by atoms with van der Waals surface area (Å²) in [6.45, 7) is 12.7. The van der Waals surface area contributed by atoms with Crippen molar-refractivity contribution in [1.29, 1.82) is 0 Å². The number of ether oxygens (including phenoxy) is 1. The van der Waals surface area contributed by atoms with Crippen LogP contribution in [0.1, 0.15) is 88.1 Å². The van der Waals surface area contributed by atoms with Crippen LogP contribution in [0.5, 0.6) is 5.75 Å². The van der Waals surface area contributed by atoms with Crippen LogP contribution in [-0.2, 0) is 19.1 Å². The molecule has 10 heteroatoms. The van der Waals surface area contributed by atoms with Gasteiger partial charge in [0, 0.05) is 12.2 Å². The fraction of sp³-hybridized carbons (Fsp3) is 0.500. The first-order valence-corrected chi connectivity index (χ1v) is 14.4. The molecule has 4 amide bonds. The number of aromatic hydroxyl groups is 1. The highest BCUT2D eigenvalue weighted by Crippen LogP contribution is 2.30. The van der Waals surface area contributed by atoms with Gasteiger partial charge in [0.15, 0.2) is 0 Å². The van der Waals surface area contributed by atoms with Gasteiger partial charge in [-0.1, -0.05) is 50.5 Å². The minimum Gasteiger partial charge on any atom is -0.508 e. The van der Waals surface area contributed by atoms with Crippen molar-refractivity contribution in [2.75, 3.05) is 11.9 Å². The normalized spacial score (nSPS) is 12.6. The zero-order chi connectivity index (χ0) is 31.6. The second-order valence-corrected chi connectivity index (χ2v) is 11.7. The molecule has 0 spiro atoms. The molecule has 2 atom stereocenters. The van der Waals surface area contributed by atoms with Gasteiger partial charge in [-0.2, -0.15) is 0 Å². The van der Waals surface area contributed by atoms with E-state index in [0.717, 1.165) is 30.4 Å². The Bertz CT molecular complexity index is 1250. The number of hydrogen-bond donors (Lipinski definition) is 4. The van der Waals surface area contributed by atoms with Crippen LogP contribution in [0, 0.1) is 20.8 Å². The van der Waals surface area contributed by atoms with Gasteiger partial charge in [0.05, 0.1) is 6.42 Å². The summed E-state index contributed by atoms with van der Waals surface area (Å²) in [4.78, 5) is 54.4. The van der Waals surface area contributed by atoms with E-state index in [-0.39, 0.29) is 12.3 Å². The van der Waals surface area contributed by atoms with E-state index in [1.165, 1.54) is 11.0 Å². The number of phenols is 1. The molecule has 0 saturated carbocycles. The van der Waals surface area contributed by atoms with Crippen molar-refractivity contribution in [3.8, 4) is 5.75 Å². The third kappa shape index (κ3) is 10.1. The number of aryl methyl sites for hydroxylation is 3.